The van der Waals surface area contributed by atoms with E-state index in [1.807, 2.05) is 6.07 Å². The molecule has 216 valence electrons. The first-order chi connectivity index (χ1) is 20.2. The van der Waals surface area contributed by atoms with Gasteiger partial charge in [0.2, 0.25) is 0 Å². The van der Waals surface area contributed by atoms with Crippen LogP contribution in [0.1, 0.15) is 69.2 Å². The molecule has 0 heterocycles. The van der Waals surface area contributed by atoms with E-state index in [4.69, 9.17) is 24.2 Å². The van der Waals surface area contributed by atoms with Gasteiger partial charge in [-0.25, -0.2) is 19.2 Å². The molecular formula is C32H29NO9. The molecule has 0 saturated carbocycles. The van der Waals surface area contributed by atoms with Crippen LogP contribution in [0.5, 0.6) is 17.2 Å². The number of ether oxygens (including phenoxy) is 4. The minimum Gasteiger partial charge on any atom is -0.494 e. The number of carbonyl (C=O) groups is 4. The van der Waals surface area contributed by atoms with E-state index in [0.717, 1.165) is 31.7 Å². The summed E-state index contributed by atoms with van der Waals surface area (Å²) in [4.78, 5) is 48.1. The lowest BCUT2D eigenvalue weighted by Crippen LogP contribution is -2.13. The molecule has 0 bridgehead atoms. The second-order valence-electron chi connectivity index (χ2n) is 9.13. The topological polar surface area (TPSA) is 149 Å². The number of unbranched alkanes of at least 4 members (excludes halogenated alkanes) is 3. The maximum Gasteiger partial charge on any atom is 0.343 e. The van der Waals surface area contributed by atoms with Gasteiger partial charge in [-0.15, -0.1) is 0 Å². The van der Waals surface area contributed by atoms with E-state index in [9.17, 15) is 24.3 Å². The third-order valence-corrected chi connectivity index (χ3v) is 5.82. The number of nitriles is 1. The highest BCUT2D eigenvalue weighted by Crippen LogP contribution is 2.26. The standard InChI is InChI=1S/C32H29NO9/c1-21(2)30(36)40-18-6-4-3-5-17-39-25-13-11-24(12-14-25)31(37)41-26-15-16-28(27(19-26)29(34)35)42-32(38)23-9-7-22(20-33)8-10-23/h7-16,19H,1,3-6,17-18H2,2H3,(H,34,35). The number of carboxylic acid groups (broad SMARTS) is 1. The summed E-state index contributed by atoms with van der Waals surface area (Å²) < 4.78 is 21.3. The molecule has 10 nitrogen and oxygen atoms in total. The zero-order valence-corrected chi connectivity index (χ0v) is 23.0. The van der Waals surface area contributed by atoms with Gasteiger partial charge in [0, 0.05) is 5.57 Å². The zero-order chi connectivity index (χ0) is 30.5. The van der Waals surface area contributed by atoms with Crippen molar-refractivity contribution in [2.24, 2.45) is 0 Å². The maximum atomic E-state index is 12.6. The average molecular weight is 572 g/mol. The van der Waals surface area contributed by atoms with Crippen molar-refractivity contribution in [2.45, 2.75) is 32.6 Å². The normalized spacial score (nSPS) is 10.2. The Hall–Kier alpha value is -5.43. The van der Waals surface area contributed by atoms with Crippen LogP contribution in [0.2, 0.25) is 0 Å². The van der Waals surface area contributed by atoms with Crippen LogP contribution in [-0.4, -0.2) is 42.2 Å². The Balaban J connectivity index is 1.48. The van der Waals surface area contributed by atoms with Crippen molar-refractivity contribution in [3.05, 3.63) is 101 Å². The highest BCUT2D eigenvalue weighted by Gasteiger charge is 2.19. The number of benzene rings is 3. The Morgan fingerprint density at radius 1 is 0.786 bits per heavy atom. The Labute approximate surface area is 242 Å². The van der Waals surface area contributed by atoms with Crippen molar-refractivity contribution in [2.75, 3.05) is 13.2 Å². The lowest BCUT2D eigenvalue weighted by molar-refractivity contribution is -0.139. The molecule has 10 heteroatoms. The van der Waals surface area contributed by atoms with Crippen molar-refractivity contribution < 1.29 is 43.2 Å². The molecule has 42 heavy (non-hydrogen) atoms. The molecule has 3 aromatic rings. The second kappa shape index (κ2) is 15.4. The molecule has 0 atom stereocenters. The highest BCUT2D eigenvalue weighted by molar-refractivity contribution is 5.96. The quantitative estimate of drug-likeness (QED) is 0.110. The Kier molecular flexibility index (Phi) is 11.4. The highest BCUT2D eigenvalue weighted by atomic mass is 16.5. The molecule has 0 saturated heterocycles. The fourth-order valence-corrected chi connectivity index (χ4v) is 3.56. The fraction of sp³-hybridized carbons (Fsp3) is 0.219. The van der Waals surface area contributed by atoms with E-state index in [1.165, 1.54) is 48.5 Å². The van der Waals surface area contributed by atoms with Gasteiger partial charge in [0.15, 0.2) is 0 Å². The van der Waals surface area contributed by atoms with E-state index >= 15 is 0 Å². The predicted octanol–water partition coefficient (Wildman–Crippen LogP) is 5.75. The molecule has 0 aromatic heterocycles. The van der Waals surface area contributed by atoms with Gasteiger partial charge in [-0.2, -0.15) is 5.26 Å². The SMILES string of the molecule is C=C(C)C(=O)OCCCCCCOc1ccc(C(=O)Oc2ccc(OC(=O)c3ccc(C#N)cc3)c(C(=O)O)c2)cc1. The van der Waals surface area contributed by atoms with Crippen LogP contribution in [0.15, 0.2) is 78.9 Å². The van der Waals surface area contributed by atoms with Gasteiger partial charge in [-0.1, -0.05) is 6.58 Å². The Morgan fingerprint density at radius 2 is 1.36 bits per heavy atom. The summed E-state index contributed by atoms with van der Waals surface area (Å²) >= 11 is 0. The van der Waals surface area contributed by atoms with E-state index in [2.05, 4.69) is 6.58 Å². The first kappa shape index (κ1) is 31.1. The Bertz CT molecular complexity index is 1490. The third-order valence-electron chi connectivity index (χ3n) is 5.82. The summed E-state index contributed by atoms with van der Waals surface area (Å²) in [6.45, 7) is 5.98. The summed E-state index contributed by atoms with van der Waals surface area (Å²) in [7, 11) is 0. The molecule has 0 amide bonds. The maximum absolute atomic E-state index is 12.6. The molecule has 0 spiro atoms. The fourth-order valence-electron chi connectivity index (χ4n) is 3.56. The minimum atomic E-state index is -1.39. The molecule has 3 rings (SSSR count). The van der Waals surface area contributed by atoms with Gasteiger partial charge in [0.05, 0.1) is 36.0 Å². The zero-order valence-electron chi connectivity index (χ0n) is 23.0. The van der Waals surface area contributed by atoms with Crippen LogP contribution in [-0.2, 0) is 9.53 Å². The molecule has 0 aliphatic heterocycles. The number of hydrogen-bond acceptors (Lipinski definition) is 9. The molecule has 1 N–H and O–H groups in total. The minimum absolute atomic E-state index is 0.0507. The van der Waals surface area contributed by atoms with Crippen LogP contribution >= 0.6 is 0 Å². The van der Waals surface area contributed by atoms with Crippen LogP contribution in [0.25, 0.3) is 0 Å². The van der Waals surface area contributed by atoms with E-state index in [0.29, 0.717) is 30.1 Å². The number of aromatic carboxylic acids is 1. The molecule has 3 aromatic carbocycles. The lowest BCUT2D eigenvalue weighted by atomic mass is 10.1. The van der Waals surface area contributed by atoms with E-state index < -0.39 is 17.9 Å². The van der Waals surface area contributed by atoms with Gasteiger partial charge in [0.1, 0.15) is 22.8 Å². The van der Waals surface area contributed by atoms with Gasteiger partial charge in [-0.3, -0.25) is 0 Å². The summed E-state index contributed by atoms with van der Waals surface area (Å²) in [6, 6.07) is 17.5. The number of nitrogens with zero attached hydrogens (tertiary/aromatic N) is 1. The van der Waals surface area contributed by atoms with Gasteiger partial charge >= 0.3 is 23.9 Å². The monoisotopic (exact) mass is 571 g/mol. The van der Waals surface area contributed by atoms with Crippen molar-refractivity contribution >= 4 is 23.9 Å². The van der Waals surface area contributed by atoms with Crippen molar-refractivity contribution in [3.8, 4) is 23.3 Å². The predicted molar refractivity (Wildman–Crippen MR) is 151 cm³/mol. The molecular weight excluding hydrogens is 542 g/mol. The lowest BCUT2D eigenvalue weighted by Gasteiger charge is -2.11. The number of hydrogen-bond donors (Lipinski definition) is 1. The smallest absolute Gasteiger partial charge is 0.343 e. The van der Waals surface area contributed by atoms with Gasteiger partial charge in [0.25, 0.3) is 0 Å². The largest absolute Gasteiger partial charge is 0.494 e. The molecule has 0 aliphatic carbocycles. The second-order valence-corrected chi connectivity index (χ2v) is 9.13. The van der Waals surface area contributed by atoms with Crippen molar-refractivity contribution in [1.29, 1.82) is 5.26 Å². The van der Waals surface area contributed by atoms with Crippen LogP contribution < -0.4 is 14.2 Å². The van der Waals surface area contributed by atoms with Crippen LogP contribution in [0, 0.1) is 11.3 Å². The molecule has 0 unspecified atom stereocenters. The van der Waals surface area contributed by atoms with Gasteiger partial charge in [-0.05, 0) is 99.3 Å². The molecule has 0 aliphatic rings. The third kappa shape index (κ3) is 9.34. The molecule has 0 radical (unpaired) electrons. The summed E-state index contributed by atoms with van der Waals surface area (Å²) in [6.07, 6.45) is 3.36. The van der Waals surface area contributed by atoms with Crippen molar-refractivity contribution in [1.82, 2.24) is 0 Å². The summed E-state index contributed by atoms with van der Waals surface area (Å²) in [5, 5.41) is 18.5. The van der Waals surface area contributed by atoms with Crippen LogP contribution in [0.4, 0.5) is 0 Å². The molecule has 0 fully saturated rings. The number of carbonyl (C=O) groups excluding carboxylic acids is 3. The Morgan fingerprint density at radius 3 is 1.95 bits per heavy atom. The van der Waals surface area contributed by atoms with Gasteiger partial charge < -0.3 is 24.1 Å². The number of carboxylic acids is 1. The summed E-state index contributed by atoms with van der Waals surface area (Å²) in [5.41, 5.74) is 0.715. The first-order valence-corrected chi connectivity index (χ1v) is 13.1. The average Bonchev–Trinajstić information content (AvgIpc) is 2.99. The van der Waals surface area contributed by atoms with Crippen LogP contribution in [0.3, 0.4) is 0 Å². The summed E-state index contributed by atoms with van der Waals surface area (Å²) in [5.74, 6) is -3.00. The number of rotatable bonds is 14. The van der Waals surface area contributed by atoms with Crippen molar-refractivity contribution in [3.63, 3.8) is 0 Å². The van der Waals surface area contributed by atoms with E-state index in [1.54, 1.807) is 19.1 Å². The first-order valence-electron chi connectivity index (χ1n) is 13.1. The number of esters is 3. The van der Waals surface area contributed by atoms with E-state index in [-0.39, 0.29) is 34.2 Å².